The summed E-state index contributed by atoms with van der Waals surface area (Å²) in [6.45, 7) is 3.59. The van der Waals surface area contributed by atoms with Crippen LogP contribution < -0.4 is 15.8 Å². The minimum atomic E-state index is -0.325. The maximum atomic E-state index is 12.8. The summed E-state index contributed by atoms with van der Waals surface area (Å²) >= 11 is 0. The number of nitrogens with one attached hydrogen (secondary N) is 1. The molecule has 2 aromatic heterocycles. The third-order valence-corrected chi connectivity index (χ3v) is 7.65. The van der Waals surface area contributed by atoms with Gasteiger partial charge in [0, 0.05) is 39.0 Å². The lowest BCUT2D eigenvalue weighted by atomic mass is 9.93. The molecule has 3 heterocycles. The van der Waals surface area contributed by atoms with Gasteiger partial charge in [-0.3, -0.25) is 4.79 Å². The fourth-order valence-corrected chi connectivity index (χ4v) is 5.41. The Labute approximate surface area is 228 Å². The number of ether oxygens (including phenoxy) is 1. The summed E-state index contributed by atoms with van der Waals surface area (Å²) in [5.41, 5.74) is 3.72. The van der Waals surface area contributed by atoms with E-state index in [-0.39, 0.29) is 28.7 Å². The van der Waals surface area contributed by atoms with Gasteiger partial charge >= 0.3 is 0 Å². The summed E-state index contributed by atoms with van der Waals surface area (Å²) in [4.78, 5) is 19.0. The van der Waals surface area contributed by atoms with Crippen LogP contribution in [0.2, 0.25) is 0 Å². The molecule has 0 amide bonds. The number of rotatable bonds is 5. The molecule has 2 aliphatic rings. The molecule has 1 N–H and O–H groups in total. The van der Waals surface area contributed by atoms with Crippen molar-refractivity contribution < 1.29 is 9.13 Å². The zero-order valence-electron chi connectivity index (χ0n) is 22.8. The average molecular weight is 531 g/mol. The number of aromatic nitrogens is 2. The van der Waals surface area contributed by atoms with Crippen LogP contribution >= 0.6 is 0 Å². The molecular weight excluding hydrogens is 495 g/mol. The van der Waals surface area contributed by atoms with Gasteiger partial charge in [0.2, 0.25) is 0 Å². The number of hydrogen-bond acceptors (Lipinski definition) is 7. The maximum absolute atomic E-state index is 12.8. The number of anilines is 2. The number of hydrogen-bond donors (Lipinski definition) is 1. The van der Waals surface area contributed by atoms with Crippen LogP contribution in [-0.2, 0) is 11.8 Å². The number of fused-ring (bicyclic) bond motifs is 1. The summed E-state index contributed by atoms with van der Waals surface area (Å²) in [7, 11) is 3.55. The second kappa shape index (κ2) is 12.7. The van der Waals surface area contributed by atoms with Crippen LogP contribution in [0.25, 0.3) is 11.0 Å². The molecule has 3 aromatic rings. The second-order valence-electron chi connectivity index (χ2n) is 10.3. The Kier molecular flexibility index (Phi) is 9.16. The molecule has 1 atom stereocenters. The molecule has 0 bridgehead atoms. The van der Waals surface area contributed by atoms with E-state index in [0.717, 1.165) is 62.9 Å². The highest BCUT2D eigenvalue weighted by Gasteiger charge is 2.26. The average Bonchev–Trinajstić information content (AvgIpc) is 3.48. The molecular formula is C30H35FN6O2. The Balaban J connectivity index is 0.000000202. The largest absolute Gasteiger partial charge is 0.382 e. The highest BCUT2D eigenvalue weighted by Crippen LogP contribution is 2.32. The SMILES string of the molecule is CN(c1c(C#N)c(=O)n(C)c2ccc(C#N)nc12)C1CCCCC1.Cc1cc(F)ccc1NCC1CCCO1. The molecule has 39 heavy (non-hydrogen) atoms. The van der Waals surface area contributed by atoms with Crippen molar-refractivity contribution in [2.24, 2.45) is 7.05 Å². The molecule has 8 nitrogen and oxygen atoms in total. The van der Waals surface area contributed by atoms with Crippen LogP contribution in [0.3, 0.4) is 0 Å². The van der Waals surface area contributed by atoms with Gasteiger partial charge < -0.3 is 19.5 Å². The van der Waals surface area contributed by atoms with Gasteiger partial charge in [0.1, 0.15) is 34.7 Å². The van der Waals surface area contributed by atoms with Crippen LogP contribution in [-0.4, -0.2) is 41.9 Å². The van der Waals surface area contributed by atoms with E-state index in [4.69, 9.17) is 10.00 Å². The van der Waals surface area contributed by atoms with Crippen molar-refractivity contribution in [1.82, 2.24) is 9.55 Å². The van der Waals surface area contributed by atoms with E-state index in [9.17, 15) is 14.4 Å². The number of nitriles is 2. The van der Waals surface area contributed by atoms with E-state index in [0.29, 0.717) is 22.8 Å². The van der Waals surface area contributed by atoms with E-state index in [2.05, 4.69) is 16.4 Å². The van der Waals surface area contributed by atoms with Gasteiger partial charge in [0.25, 0.3) is 5.56 Å². The van der Waals surface area contributed by atoms with Gasteiger partial charge in [-0.25, -0.2) is 9.37 Å². The molecule has 0 radical (unpaired) electrons. The molecule has 9 heteroatoms. The molecule has 1 aliphatic carbocycles. The van der Waals surface area contributed by atoms with E-state index in [1.54, 1.807) is 25.2 Å². The van der Waals surface area contributed by atoms with Crippen molar-refractivity contribution in [3.8, 4) is 12.1 Å². The Morgan fingerprint density at radius 3 is 2.54 bits per heavy atom. The quantitative estimate of drug-likeness (QED) is 0.485. The molecule has 1 saturated heterocycles. The van der Waals surface area contributed by atoms with E-state index < -0.39 is 0 Å². The molecule has 1 saturated carbocycles. The van der Waals surface area contributed by atoms with Crippen molar-refractivity contribution in [3.63, 3.8) is 0 Å². The molecule has 0 spiro atoms. The van der Waals surface area contributed by atoms with Crippen molar-refractivity contribution >= 4 is 22.4 Å². The zero-order valence-corrected chi connectivity index (χ0v) is 22.8. The topological polar surface area (TPSA) is 107 Å². The monoisotopic (exact) mass is 530 g/mol. The highest BCUT2D eigenvalue weighted by molar-refractivity contribution is 5.92. The van der Waals surface area contributed by atoms with Gasteiger partial charge in [-0.1, -0.05) is 19.3 Å². The van der Waals surface area contributed by atoms with Gasteiger partial charge in [-0.15, -0.1) is 0 Å². The Morgan fingerprint density at radius 2 is 1.90 bits per heavy atom. The van der Waals surface area contributed by atoms with Crippen molar-refractivity contribution in [2.75, 3.05) is 30.4 Å². The summed E-state index contributed by atoms with van der Waals surface area (Å²) < 4.78 is 19.8. The normalized spacial score (nSPS) is 17.1. The first-order valence-electron chi connectivity index (χ1n) is 13.5. The van der Waals surface area contributed by atoms with E-state index in [1.807, 2.05) is 24.9 Å². The maximum Gasteiger partial charge on any atom is 0.270 e. The number of aryl methyl sites for hydroxylation is 2. The highest BCUT2D eigenvalue weighted by atomic mass is 19.1. The summed E-state index contributed by atoms with van der Waals surface area (Å²) in [6, 6.07) is 12.5. The Hall–Kier alpha value is -3.95. The number of pyridine rings is 2. The molecule has 1 aromatic carbocycles. The van der Waals surface area contributed by atoms with Gasteiger partial charge in [-0.2, -0.15) is 10.5 Å². The van der Waals surface area contributed by atoms with Gasteiger partial charge in [0.15, 0.2) is 0 Å². The third-order valence-electron chi connectivity index (χ3n) is 7.65. The summed E-state index contributed by atoms with van der Waals surface area (Å²) in [5, 5.41) is 22.0. The van der Waals surface area contributed by atoms with Crippen LogP contribution in [0, 0.1) is 35.4 Å². The lowest BCUT2D eigenvalue weighted by Gasteiger charge is -2.33. The number of halogens is 1. The minimum absolute atomic E-state index is 0.0978. The van der Waals surface area contributed by atoms with E-state index in [1.165, 1.54) is 23.1 Å². The standard InChI is InChI=1S/C18H19N5O.C12H16FNO/c1-22(13-6-4-3-5-7-13)17-14(11-20)18(24)23(2)15-9-8-12(10-19)21-16(15)17;1-9-7-10(13)4-5-12(9)14-8-11-3-2-6-15-11/h8-9,13H,3-7H2,1-2H3;4-5,7,11,14H,2-3,6,8H2,1H3. The minimum Gasteiger partial charge on any atom is -0.382 e. The molecule has 1 aliphatic heterocycles. The van der Waals surface area contributed by atoms with Crippen molar-refractivity contribution in [2.45, 2.75) is 64.0 Å². The third kappa shape index (κ3) is 6.38. The Bertz CT molecular complexity index is 1460. The number of benzene rings is 1. The van der Waals surface area contributed by atoms with Crippen molar-refractivity contribution in [3.05, 3.63) is 63.3 Å². The molecule has 204 valence electrons. The van der Waals surface area contributed by atoms with Gasteiger partial charge in [-0.05, 0) is 68.5 Å². The summed E-state index contributed by atoms with van der Waals surface area (Å²) in [5.74, 6) is -0.185. The van der Waals surface area contributed by atoms with E-state index >= 15 is 0 Å². The predicted molar refractivity (Wildman–Crippen MR) is 150 cm³/mol. The van der Waals surface area contributed by atoms with Crippen LogP contribution in [0.1, 0.15) is 61.8 Å². The first kappa shape index (κ1) is 28.1. The smallest absolute Gasteiger partial charge is 0.270 e. The lowest BCUT2D eigenvalue weighted by molar-refractivity contribution is 0.120. The zero-order chi connectivity index (χ0) is 27.9. The van der Waals surface area contributed by atoms with Gasteiger partial charge in [0.05, 0.1) is 17.3 Å². The number of nitrogens with zero attached hydrogens (tertiary/aromatic N) is 5. The first-order chi connectivity index (χ1) is 18.8. The fourth-order valence-electron chi connectivity index (χ4n) is 5.41. The predicted octanol–water partition coefficient (Wildman–Crippen LogP) is 5.17. The van der Waals surface area contributed by atoms with Crippen LogP contribution in [0.4, 0.5) is 15.8 Å². The Morgan fingerprint density at radius 1 is 1.13 bits per heavy atom. The first-order valence-corrected chi connectivity index (χ1v) is 13.5. The van der Waals surface area contributed by atoms with Crippen molar-refractivity contribution in [1.29, 1.82) is 10.5 Å². The molecule has 1 unspecified atom stereocenters. The van der Waals surface area contributed by atoms with Crippen LogP contribution in [0.15, 0.2) is 35.1 Å². The summed E-state index contributed by atoms with van der Waals surface area (Å²) in [6.07, 6.45) is 8.18. The molecule has 5 rings (SSSR count). The molecule has 2 fully saturated rings. The second-order valence-corrected chi connectivity index (χ2v) is 10.3. The van der Waals surface area contributed by atoms with Crippen LogP contribution in [0.5, 0.6) is 0 Å². The lowest BCUT2D eigenvalue weighted by Crippen LogP contribution is -2.36. The fraction of sp³-hybridized carbons (Fsp3) is 0.467.